The smallest absolute Gasteiger partial charge is 0.137 e. The van der Waals surface area contributed by atoms with Crippen LogP contribution in [0.5, 0.6) is 0 Å². The summed E-state index contributed by atoms with van der Waals surface area (Å²) in [5.41, 5.74) is 17.7. The van der Waals surface area contributed by atoms with E-state index in [9.17, 15) is 0 Å². The number of pyridine rings is 1. The lowest BCUT2D eigenvalue weighted by Gasteiger charge is -2.26. The molecule has 0 radical (unpaired) electrons. The first-order valence-electron chi connectivity index (χ1n) is 20.5. The van der Waals surface area contributed by atoms with Gasteiger partial charge in [0.2, 0.25) is 0 Å². The molecule has 3 heteroatoms. The van der Waals surface area contributed by atoms with Crippen LogP contribution in [-0.4, -0.2) is 9.55 Å². The fraction of sp³-hybridized carbons (Fsp3) is 0. The van der Waals surface area contributed by atoms with E-state index >= 15 is 0 Å². The molecule has 0 unspecified atom stereocenters. The number of hydrogen-bond donors (Lipinski definition) is 0. The molecule has 1 aliphatic rings. The molecule has 0 bridgehead atoms. The van der Waals surface area contributed by atoms with Crippen LogP contribution in [0.1, 0.15) is 0 Å². The Morgan fingerprint density at radius 3 is 1.45 bits per heavy atom. The number of anilines is 3. The van der Waals surface area contributed by atoms with E-state index in [0.29, 0.717) is 0 Å². The molecule has 0 fully saturated rings. The fourth-order valence-corrected chi connectivity index (χ4v) is 9.41. The molecule has 0 aliphatic heterocycles. The summed E-state index contributed by atoms with van der Waals surface area (Å²) in [6, 6.07) is 78.9. The summed E-state index contributed by atoms with van der Waals surface area (Å²) in [7, 11) is 0. The van der Waals surface area contributed by atoms with E-state index < -0.39 is 0 Å². The maximum Gasteiger partial charge on any atom is 0.137 e. The molecule has 60 heavy (non-hydrogen) atoms. The van der Waals surface area contributed by atoms with Crippen molar-refractivity contribution in [2.45, 2.75) is 0 Å². The van der Waals surface area contributed by atoms with Crippen molar-refractivity contribution in [3.63, 3.8) is 0 Å². The second-order valence-corrected chi connectivity index (χ2v) is 15.6. The zero-order chi connectivity index (χ0) is 39.6. The van der Waals surface area contributed by atoms with E-state index in [2.05, 4.69) is 228 Å². The van der Waals surface area contributed by atoms with Crippen LogP contribution >= 0.6 is 0 Å². The van der Waals surface area contributed by atoms with Crippen LogP contribution in [0.3, 0.4) is 0 Å². The molecule has 1 aliphatic carbocycles. The van der Waals surface area contributed by atoms with Crippen molar-refractivity contribution in [2.75, 3.05) is 4.90 Å². The Hall–Kier alpha value is -8.01. The van der Waals surface area contributed by atoms with Gasteiger partial charge in [0.25, 0.3) is 0 Å². The van der Waals surface area contributed by atoms with Gasteiger partial charge < -0.3 is 4.90 Å². The Kier molecular flexibility index (Phi) is 7.85. The summed E-state index contributed by atoms with van der Waals surface area (Å²) >= 11 is 0. The maximum absolute atomic E-state index is 5.29. The Bertz CT molecular complexity index is 3300. The number of fused-ring (bicyclic) bond motifs is 8. The predicted octanol–water partition coefficient (Wildman–Crippen LogP) is 15.5. The van der Waals surface area contributed by atoms with Gasteiger partial charge in [0, 0.05) is 22.1 Å². The number of rotatable bonds is 6. The molecule has 3 nitrogen and oxygen atoms in total. The first-order valence-corrected chi connectivity index (χ1v) is 20.5. The molecule has 9 aromatic carbocycles. The molecule has 0 N–H and O–H groups in total. The molecule has 0 amide bonds. The summed E-state index contributed by atoms with van der Waals surface area (Å²) in [6.07, 6.45) is 2.02. The Balaban J connectivity index is 1.02. The Labute approximate surface area is 348 Å². The van der Waals surface area contributed by atoms with Gasteiger partial charge in [-0.25, -0.2) is 4.98 Å². The first-order chi connectivity index (χ1) is 29.8. The topological polar surface area (TPSA) is 21.1 Å². The van der Waals surface area contributed by atoms with E-state index in [-0.39, 0.29) is 0 Å². The summed E-state index contributed by atoms with van der Waals surface area (Å²) in [5, 5.41) is 4.96. The second-order valence-electron chi connectivity index (χ2n) is 15.6. The summed E-state index contributed by atoms with van der Waals surface area (Å²) in [5.74, 6) is 0.872. The third-order valence-electron chi connectivity index (χ3n) is 12.2. The molecule has 0 spiro atoms. The highest BCUT2D eigenvalue weighted by Gasteiger charge is 2.24. The van der Waals surface area contributed by atoms with Crippen LogP contribution in [0.4, 0.5) is 17.1 Å². The molecular formula is C57H37N3. The normalized spacial score (nSPS) is 11.7. The van der Waals surface area contributed by atoms with Gasteiger partial charge in [0.05, 0.1) is 22.9 Å². The number of para-hydroxylation sites is 1. The molecule has 0 saturated heterocycles. The third-order valence-corrected chi connectivity index (χ3v) is 12.2. The van der Waals surface area contributed by atoms with Gasteiger partial charge in [-0.1, -0.05) is 164 Å². The quantitative estimate of drug-likeness (QED) is 0.168. The van der Waals surface area contributed by atoms with Gasteiger partial charge in [-0.15, -0.1) is 0 Å². The van der Waals surface area contributed by atoms with Crippen LogP contribution in [-0.2, 0) is 0 Å². The van der Waals surface area contributed by atoms with Crippen LogP contribution in [0.15, 0.2) is 225 Å². The van der Waals surface area contributed by atoms with Crippen molar-refractivity contribution in [1.82, 2.24) is 9.55 Å². The molecule has 2 aromatic heterocycles. The molecule has 11 aromatic rings. The average Bonchev–Trinajstić information content (AvgIpc) is 3.59. The number of nitrogens with zero attached hydrogens (tertiary/aromatic N) is 3. The monoisotopic (exact) mass is 763 g/mol. The minimum Gasteiger partial charge on any atom is -0.309 e. The predicted molar refractivity (Wildman–Crippen MR) is 252 cm³/mol. The van der Waals surface area contributed by atoms with Crippen LogP contribution in [0.2, 0.25) is 0 Å². The van der Waals surface area contributed by atoms with Crippen LogP contribution in [0, 0.1) is 0 Å². The average molecular weight is 764 g/mol. The fourth-order valence-electron chi connectivity index (χ4n) is 9.41. The molecule has 280 valence electrons. The number of aromatic nitrogens is 2. The summed E-state index contributed by atoms with van der Waals surface area (Å²) in [6.45, 7) is 0. The Morgan fingerprint density at radius 2 is 0.833 bits per heavy atom. The van der Waals surface area contributed by atoms with E-state index in [1.165, 1.54) is 77.2 Å². The number of hydrogen-bond acceptors (Lipinski definition) is 2. The summed E-state index contributed by atoms with van der Waals surface area (Å²) in [4.78, 5) is 7.58. The highest BCUT2D eigenvalue weighted by atomic mass is 15.2. The lowest BCUT2D eigenvalue weighted by molar-refractivity contribution is 1.07. The van der Waals surface area contributed by atoms with Gasteiger partial charge in [-0.2, -0.15) is 0 Å². The lowest BCUT2D eigenvalue weighted by Crippen LogP contribution is -2.10. The van der Waals surface area contributed by atoms with Crippen molar-refractivity contribution in [1.29, 1.82) is 0 Å². The van der Waals surface area contributed by atoms with E-state index in [1.54, 1.807) is 0 Å². The van der Waals surface area contributed by atoms with Gasteiger partial charge in [-0.3, -0.25) is 4.57 Å². The zero-order valence-corrected chi connectivity index (χ0v) is 32.7. The van der Waals surface area contributed by atoms with E-state index in [1.807, 2.05) is 6.20 Å². The third kappa shape index (κ3) is 5.48. The molecule has 12 rings (SSSR count). The summed E-state index contributed by atoms with van der Waals surface area (Å²) < 4.78 is 2.34. The minimum atomic E-state index is 0.872. The minimum absolute atomic E-state index is 0.872. The second kappa shape index (κ2) is 13.8. The zero-order valence-electron chi connectivity index (χ0n) is 32.7. The van der Waals surface area contributed by atoms with Gasteiger partial charge in [0.15, 0.2) is 0 Å². The molecule has 2 heterocycles. The lowest BCUT2D eigenvalue weighted by atomic mass is 9.92. The van der Waals surface area contributed by atoms with Gasteiger partial charge >= 0.3 is 0 Å². The van der Waals surface area contributed by atoms with Crippen molar-refractivity contribution in [3.05, 3.63) is 225 Å². The maximum atomic E-state index is 5.29. The van der Waals surface area contributed by atoms with Crippen molar-refractivity contribution in [2.24, 2.45) is 0 Å². The highest BCUT2D eigenvalue weighted by Crippen LogP contribution is 2.50. The van der Waals surface area contributed by atoms with Crippen LogP contribution < -0.4 is 4.90 Å². The van der Waals surface area contributed by atoms with Crippen LogP contribution in [0.25, 0.3) is 94.0 Å². The van der Waals surface area contributed by atoms with E-state index in [0.717, 1.165) is 33.9 Å². The largest absolute Gasteiger partial charge is 0.309 e. The van der Waals surface area contributed by atoms with Crippen molar-refractivity contribution >= 4 is 49.6 Å². The van der Waals surface area contributed by atoms with E-state index in [4.69, 9.17) is 4.98 Å². The van der Waals surface area contributed by atoms with Gasteiger partial charge in [-0.05, 0) is 121 Å². The first kappa shape index (κ1) is 34.1. The Morgan fingerprint density at radius 1 is 0.333 bits per heavy atom. The van der Waals surface area contributed by atoms with Crippen molar-refractivity contribution < 1.29 is 0 Å². The SMILES string of the molecule is c1ccc(-c2ccc(N(c3ccc(-c4ccccc4)cc3)c3ccc(-n4c5ccccc5c5cc6c(cc54)-c4cccc5cccc(c45)-c4ccccc4-6)nc3)cc2)cc1. The number of benzene rings is 9. The standard InChI is InChI=1S/C57H37N3/c1-3-13-38(14-4-1)40-25-29-43(30-26-40)59(44-31-27-41(28-32-44)39-15-5-2-6-16-39)45-33-34-56(58-37-45)60-54-24-10-9-21-48(54)53-35-51-47-20-8-7-19-46(47)49-22-11-17-42-18-12-23-50(57(42)49)52(51)36-55(53)60/h1-37H. The van der Waals surface area contributed by atoms with Gasteiger partial charge in [0.1, 0.15) is 5.82 Å². The highest BCUT2D eigenvalue weighted by molar-refractivity contribution is 6.18. The van der Waals surface area contributed by atoms with Crippen molar-refractivity contribution in [3.8, 4) is 61.5 Å². The molecule has 0 atom stereocenters. The molecular weight excluding hydrogens is 727 g/mol. The molecule has 0 saturated carbocycles.